The molecule has 1 N–H and O–H groups in total. The van der Waals surface area contributed by atoms with Gasteiger partial charge in [0, 0.05) is 10.2 Å². The van der Waals surface area contributed by atoms with E-state index in [0.29, 0.717) is 5.75 Å². The zero-order chi connectivity index (χ0) is 18.1. The van der Waals surface area contributed by atoms with Crippen molar-refractivity contribution in [2.24, 2.45) is 5.10 Å². The first-order valence-corrected chi connectivity index (χ1v) is 9.88. The molecule has 0 fully saturated rings. The maximum Gasteiger partial charge on any atom is 0.250 e. The minimum atomic E-state index is -0.115. The van der Waals surface area contributed by atoms with Gasteiger partial charge in [0.05, 0.1) is 18.1 Å². The van der Waals surface area contributed by atoms with Crippen LogP contribution in [0.4, 0.5) is 0 Å². The normalized spacial score (nSPS) is 11.0. The summed E-state index contributed by atoms with van der Waals surface area (Å²) in [6.45, 7) is 3.97. The van der Waals surface area contributed by atoms with Gasteiger partial charge in [0.1, 0.15) is 5.75 Å². The lowest BCUT2D eigenvalue weighted by Gasteiger charge is -2.09. The Labute approximate surface area is 161 Å². The third-order valence-electron chi connectivity index (χ3n) is 3.05. The largest absolute Gasteiger partial charge is 0.491 e. The Bertz CT molecular complexity index is 718. The fraction of sp³-hybridized carbons (Fsp3) is 0.263. The van der Waals surface area contributed by atoms with E-state index in [0.717, 1.165) is 21.5 Å². The van der Waals surface area contributed by atoms with Crippen molar-refractivity contribution in [2.45, 2.75) is 25.7 Å². The number of halogens is 1. The zero-order valence-electron chi connectivity index (χ0n) is 14.2. The van der Waals surface area contributed by atoms with Gasteiger partial charge in [-0.25, -0.2) is 5.43 Å². The van der Waals surface area contributed by atoms with Crippen molar-refractivity contribution in [2.75, 3.05) is 5.75 Å². The van der Waals surface area contributed by atoms with Crippen molar-refractivity contribution in [3.63, 3.8) is 0 Å². The number of hydrazone groups is 1. The first kappa shape index (κ1) is 19.5. The first-order chi connectivity index (χ1) is 12.0. The Kier molecular flexibility index (Phi) is 8.01. The average Bonchev–Trinajstić information content (AvgIpc) is 2.56. The molecule has 2 aromatic carbocycles. The molecule has 0 aromatic heterocycles. The van der Waals surface area contributed by atoms with Gasteiger partial charge in [0.15, 0.2) is 0 Å². The van der Waals surface area contributed by atoms with E-state index in [4.69, 9.17) is 4.74 Å². The molecule has 0 saturated carbocycles. The molecule has 132 valence electrons. The van der Waals surface area contributed by atoms with E-state index >= 15 is 0 Å². The molecular weight excluding hydrogens is 400 g/mol. The highest BCUT2D eigenvalue weighted by molar-refractivity contribution is 9.10. The molecule has 4 nitrogen and oxygen atoms in total. The zero-order valence-corrected chi connectivity index (χ0v) is 16.6. The van der Waals surface area contributed by atoms with Gasteiger partial charge < -0.3 is 4.74 Å². The van der Waals surface area contributed by atoms with Gasteiger partial charge in [0.2, 0.25) is 5.91 Å². The molecule has 0 bridgehead atoms. The van der Waals surface area contributed by atoms with Crippen molar-refractivity contribution in [3.8, 4) is 5.75 Å². The van der Waals surface area contributed by atoms with Crippen LogP contribution in [0.2, 0.25) is 0 Å². The topological polar surface area (TPSA) is 50.7 Å². The van der Waals surface area contributed by atoms with Crippen molar-refractivity contribution < 1.29 is 9.53 Å². The number of benzene rings is 2. The number of ether oxygens (including phenoxy) is 1. The number of rotatable bonds is 8. The van der Waals surface area contributed by atoms with Gasteiger partial charge in [-0.15, -0.1) is 11.8 Å². The van der Waals surface area contributed by atoms with E-state index in [1.807, 2.05) is 56.3 Å². The van der Waals surface area contributed by atoms with Gasteiger partial charge >= 0.3 is 0 Å². The molecule has 0 aliphatic rings. The summed E-state index contributed by atoms with van der Waals surface area (Å²) in [5.41, 5.74) is 4.63. The lowest BCUT2D eigenvalue weighted by molar-refractivity contribution is -0.118. The molecule has 0 heterocycles. The molecule has 0 saturated heterocycles. The van der Waals surface area contributed by atoms with Crippen molar-refractivity contribution in [1.82, 2.24) is 5.43 Å². The molecule has 2 rings (SSSR count). The predicted molar refractivity (Wildman–Crippen MR) is 108 cm³/mol. The number of hydrogen-bond donors (Lipinski definition) is 1. The Hall–Kier alpha value is -1.79. The summed E-state index contributed by atoms with van der Waals surface area (Å²) in [6.07, 6.45) is 1.77. The quantitative estimate of drug-likeness (QED) is 0.500. The molecule has 0 unspecified atom stereocenters. The van der Waals surface area contributed by atoms with Gasteiger partial charge in [0.25, 0.3) is 0 Å². The summed E-state index contributed by atoms with van der Waals surface area (Å²) in [4.78, 5) is 11.8. The minimum absolute atomic E-state index is 0.115. The van der Waals surface area contributed by atoms with Crippen LogP contribution in [-0.2, 0) is 10.5 Å². The number of nitrogens with zero attached hydrogens (tertiary/aromatic N) is 1. The smallest absolute Gasteiger partial charge is 0.250 e. The predicted octanol–water partition coefficient (Wildman–Crippen LogP) is 4.62. The Morgan fingerprint density at radius 1 is 1.28 bits per heavy atom. The van der Waals surface area contributed by atoms with E-state index in [1.165, 1.54) is 5.56 Å². The second-order valence-electron chi connectivity index (χ2n) is 5.65. The number of carbonyl (C=O) groups is 1. The maximum atomic E-state index is 11.8. The lowest BCUT2D eigenvalue weighted by Crippen LogP contribution is -2.19. The molecule has 0 aliphatic carbocycles. The van der Waals surface area contributed by atoms with E-state index in [-0.39, 0.29) is 12.0 Å². The fourth-order valence-electron chi connectivity index (χ4n) is 2.00. The second kappa shape index (κ2) is 10.3. The molecule has 0 spiro atoms. The molecular formula is C19H21BrN2O2S. The van der Waals surface area contributed by atoms with Crippen LogP contribution >= 0.6 is 27.7 Å². The summed E-state index contributed by atoms with van der Waals surface area (Å²) in [5.74, 6) is 1.86. The number of carbonyl (C=O) groups excluding carboxylic acids is 1. The van der Waals surface area contributed by atoms with Crippen LogP contribution in [0.1, 0.15) is 25.0 Å². The van der Waals surface area contributed by atoms with Crippen molar-refractivity contribution in [1.29, 1.82) is 0 Å². The summed E-state index contributed by atoms with van der Waals surface area (Å²) >= 11 is 4.99. The standard InChI is InChI=1S/C19H21BrN2O2S/c1-14(2)24-18-8-6-15(7-9-18)11-21-22-19(23)13-25-12-16-4-3-5-17(20)10-16/h3-11,14H,12-13H2,1-2H3,(H,22,23)/b21-11+. The Morgan fingerprint density at radius 2 is 2.04 bits per heavy atom. The van der Waals surface area contributed by atoms with Gasteiger partial charge in [-0.05, 0) is 61.4 Å². The fourth-order valence-corrected chi connectivity index (χ4v) is 3.22. The van der Waals surface area contributed by atoms with E-state index in [1.54, 1.807) is 18.0 Å². The highest BCUT2D eigenvalue weighted by Gasteiger charge is 2.01. The van der Waals surface area contributed by atoms with Crippen LogP contribution in [0.15, 0.2) is 58.1 Å². The molecule has 2 aromatic rings. The van der Waals surface area contributed by atoms with E-state index in [9.17, 15) is 4.79 Å². The highest BCUT2D eigenvalue weighted by Crippen LogP contribution is 2.17. The Morgan fingerprint density at radius 3 is 2.72 bits per heavy atom. The number of hydrogen-bond acceptors (Lipinski definition) is 4. The van der Waals surface area contributed by atoms with E-state index < -0.39 is 0 Å². The molecule has 0 aliphatic heterocycles. The highest BCUT2D eigenvalue weighted by atomic mass is 79.9. The third-order valence-corrected chi connectivity index (χ3v) is 4.54. The molecule has 0 radical (unpaired) electrons. The second-order valence-corrected chi connectivity index (χ2v) is 7.55. The van der Waals surface area contributed by atoms with Gasteiger partial charge in [-0.2, -0.15) is 5.10 Å². The number of thioether (sulfide) groups is 1. The van der Waals surface area contributed by atoms with E-state index in [2.05, 4.69) is 32.5 Å². The molecule has 1 amide bonds. The lowest BCUT2D eigenvalue weighted by atomic mass is 10.2. The van der Waals surface area contributed by atoms with Crippen LogP contribution in [0.3, 0.4) is 0 Å². The van der Waals surface area contributed by atoms with Crippen LogP contribution < -0.4 is 10.2 Å². The van der Waals surface area contributed by atoms with Crippen LogP contribution in [0.25, 0.3) is 0 Å². The van der Waals surface area contributed by atoms with Crippen LogP contribution in [-0.4, -0.2) is 24.0 Å². The SMILES string of the molecule is CC(C)Oc1ccc(/C=N/NC(=O)CSCc2cccc(Br)c2)cc1. The summed E-state index contributed by atoms with van der Waals surface area (Å²) in [7, 11) is 0. The van der Waals surface area contributed by atoms with Gasteiger partial charge in [-0.3, -0.25) is 4.79 Å². The first-order valence-electron chi connectivity index (χ1n) is 7.94. The molecule has 6 heteroatoms. The average molecular weight is 421 g/mol. The van der Waals surface area contributed by atoms with Crippen LogP contribution in [0.5, 0.6) is 5.75 Å². The monoisotopic (exact) mass is 420 g/mol. The summed E-state index contributed by atoms with van der Waals surface area (Å²) in [5, 5.41) is 3.99. The van der Waals surface area contributed by atoms with Crippen molar-refractivity contribution in [3.05, 3.63) is 64.1 Å². The molecule has 25 heavy (non-hydrogen) atoms. The Balaban J connectivity index is 1.71. The summed E-state index contributed by atoms with van der Waals surface area (Å²) in [6, 6.07) is 15.6. The third kappa shape index (κ3) is 7.75. The maximum absolute atomic E-state index is 11.8. The minimum Gasteiger partial charge on any atom is -0.491 e. The van der Waals surface area contributed by atoms with Crippen LogP contribution in [0, 0.1) is 0 Å². The number of amides is 1. The molecule has 0 atom stereocenters. The van der Waals surface area contributed by atoms with Crippen molar-refractivity contribution >= 4 is 39.8 Å². The number of nitrogens with one attached hydrogen (secondary N) is 1. The van der Waals surface area contributed by atoms with Gasteiger partial charge in [-0.1, -0.05) is 28.1 Å². The summed E-state index contributed by atoms with van der Waals surface area (Å²) < 4.78 is 6.63.